The summed E-state index contributed by atoms with van der Waals surface area (Å²) in [6.45, 7) is 0.124. The van der Waals surface area contributed by atoms with Gasteiger partial charge in [-0.05, 0) is 36.4 Å². The molecule has 0 saturated carbocycles. The summed E-state index contributed by atoms with van der Waals surface area (Å²) in [7, 11) is 0. The van der Waals surface area contributed by atoms with Crippen LogP contribution in [0.3, 0.4) is 0 Å². The van der Waals surface area contributed by atoms with Crippen molar-refractivity contribution in [3.63, 3.8) is 0 Å². The summed E-state index contributed by atoms with van der Waals surface area (Å²) in [6, 6.07) is 16.9. The van der Waals surface area contributed by atoms with E-state index in [0.29, 0.717) is 0 Å². The Kier molecular flexibility index (Phi) is 3.81. The number of hydrogen-bond donors (Lipinski definition) is 2. The topological polar surface area (TPSA) is 64.4 Å². The average molecular weight is 242 g/mol. The minimum absolute atomic E-state index is 0.124. The summed E-state index contributed by atoms with van der Waals surface area (Å²) in [5, 5.41) is 2.91. The standard InChI is InChI=1S/C14H14N2O2/c15-14(17)10-16-11-6-8-13(9-7-11)18-12-4-2-1-3-5-12/h1-9,16H,10H2,(H2,15,17). The van der Waals surface area contributed by atoms with Gasteiger partial charge in [0.1, 0.15) is 11.5 Å². The summed E-state index contributed by atoms with van der Waals surface area (Å²) in [4.78, 5) is 10.6. The first-order chi connectivity index (χ1) is 8.74. The molecule has 4 heteroatoms. The molecule has 0 unspecified atom stereocenters. The Balaban J connectivity index is 1.97. The molecule has 18 heavy (non-hydrogen) atoms. The van der Waals surface area contributed by atoms with Gasteiger partial charge in [-0.1, -0.05) is 18.2 Å². The number of carbonyl (C=O) groups excluding carboxylic acids is 1. The van der Waals surface area contributed by atoms with E-state index in [1.165, 1.54) is 0 Å². The Hall–Kier alpha value is -2.49. The van der Waals surface area contributed by atoms with Gasteiger partial charge in [-0.15, -0.1) is 0 Å². The molecule has 3 N–H and O–H groups in total. The zero-order valence-electron chi connectivity index (χ0n) is 9.80. The van der Waals surface area contributed by atoms with Gasteiger partial charge in [-0.25, -0.2) is 0 Å². The van der Waals surface area contributed by atoms with Crippen molar-refractivity contribution in [2.24, 2.45) is 5.73 Å². The quantitative estimate of drug-likeness (QED) is 0.846. The Morgan fingerprint density at radius 3 is 2.22 bits per heavy atom. The van der Waals surface area contributed by atoms with E-state index in [2.05, 4.69) is 5.32 Å². The van der Waals surface area contributed by atoms with E-state index < -0.39 is 0 Å². The number of carbonyl (C=O) groups is 1. The summed E-state index contributed by atoms with van der Waals surface area (Å²) in [5.41, 5.74) is 5.87. The highest BCUT2D eigenvalue weighted by molar-refractivity contribution is 5.78. The van der Waals surface area contributed by atoms with Gasteiger partial charge < -0.3 is 15.8 Å². The molecule has 0 saturated heterocycles. The zero-order chi connectivity index (χ0) is 12.8. The smallest absolute Gasteiger partial charge is 0.236 e. The lowest BCUT2D eigenvalue weighted by molar-refractivity contribution is -0.116. The predicted molar refractivity (Wildman–Crippen MR) is 70.6 cm³/mol. The van der Waals surface area contributed by atoms with Crippen LogP contribution in [0, 0.1) is 0 Å². The van der Waals surface area contributed by atoms with Gasteiger partial charge in [0.25, 0.3) is 0 Å². The van der Waals surface area contributed by atoms with E-state index in [-0.39, 0.29) is 12.5 Å². The van der Waals surface area contributed by atoms with Crippen molar-refractivity contribution in [2.75, 3.05) is 11.9 Å². The lowest BCUT2D eigenvalue weighted by Gasteiger charge is -2.07. The van der Waals surface area contributed by atoms with E-state index >= 15 is 0 Å². The van der Waals surface area contributed by atoms with Crippen molar-refractivity contribution < 1.29 is 9.53 Å². The second kappa shape index (κ2) is 5.72. The number of nitrogens with one attached hydrogen (secondary N) is 1. The van der Waals surface area contributed by atoms with Crippen LogP contribution in [0.4, 0.5) is 5.69 Å². The second-order valence-electron chi connectivity index (χ2n) is 3.76. The van der Waals surface area contributed by atoms with E-state index in [9.17, 15) is 4.79 Å². The van der Waals surface area contributed by atoms with Crippen LogP contribution in [0.5, 0.6) is 11.5 Å². The van der Waals surface area contributed by atoms with Crippen LogP contribution in [0.2, 0.25) is 0 Å². The maximum Gasteiger partial charge on any atom is 0.236 e. The molecule has 0 aliphatic heterocycles. The lowest BCUT2D eigenvalue weighted by Crippen LogP contribution is -2.21. The summed E-state index contributed by atoms with van der Waals surface area (Å²) in [5.74, 6) is 1.14. The van der Waals surface area contributed by atoms with Gasteiger partial charge >= 0.3 is 0 Å². The SMILES string of the molecule is NC(=O)CNc1ccc(Oc2ccccc2)cc1. The lowest BCUT2D eigenvalue weighted by atomic mass is 10.3. The minimum Gasteiger partial charge on any atom is -0.457 e. The fourth-order valence-corrected chi connectivity index (χ4v) is 1.45. The van der Waals surface area contributed by atoms with Crippen LogP contribution in [-0.4, -0.2) is 12.5 Å². The van der Waals surface area contributed by atoms with Gasteiger partial charge in [0.15, 0.2) is 0 Å². The molecule has 2 aromatic rings. The predicted octanol–water partition coefficient (Wildman–Crippen LogP) is 2.38. The number of benzene rings is 2. The van der Waals surface area contributed by atoms with Crippen LogP contribution in [0.25, 0.3) is 0 Å². The summed E-state index contributed by atoms with van der Waals surface area (Å²) < 4.78 is 5.64. The van der Waals surface area contributed by atoms with Crippen LogP contribution >= 0.6 is 0 Å². The van der Waals surface area contributed by atoms with E-state index in [1.54, 1.807) is 0 Å². The molecular weight excluding hydrogens is 228 g/mol. The van der Waals surface area contributed by atoms with Gasteiger partial charge in [0, 0.05) is 5.69 Å². The molecule has 0 spiro atoms. The maximum absolute atomic E-state index is 10.6. The fraction of sp³-hybridized carbons (Fsp3) is 0.0714. The molecule has 2 rings (SSSR count). The summed E-state index contributed by atoms with van der Waals surface area (Å²) >= 11 is 0. The van der Waals surface area contributed by atoms with Gasteiger partial charge in [0.05, 0.1) is 6.54 Å². The highest BCUT2D eigenvalue weighted by atomic mass is 16.5. The number of hydrogen-bond acceptors (Lipinski definition) is 3. The van der Waals surface area contributed by atoms with Gasteiger partial charge in [-0.2, -0.15) is 0 Å². The molecule has 2 aromatic carbocycles. The molecule has 0 aliphatic carbocycles. The van der Waals surface area contributed by atoms with Crippen LogP contribution in [-0.2, 0) is 4.79 Å². The Bertz CT molecular complexity index is 509. The largest absolute Gasteiger partial charge is 0.457 e. The number of primary amides is 1. The monoisotopic (exact) mass is 242 g/mol. The van der Waals surface area contributed by atoms with E-state index in [0.717, 1.165) is 17.2 Å². The van der Waals surface area contributed by atoms with Crippen LogP contribution in [0.15, 0.2) is 54.6 Å². The minimum atomic E-state index is -0.389. The molecule has 4 nitrogen and oxygen atoms in total. The Labute approximate surface area is 105 Å². The number of para-hydroxylation sites is 1. The van der Waals surface area contributed by atoms with E-state index in [4.69, 9.17) is 10.5 Å². The third-order valence-corrected chi connectivity index (χ3v) is 2.30. The Morgan fingerprint density at radius 1 is 1.00 bits per heavy atom. The second-order valence-corrected chi connectivity index (χ2v) is 3.76. The number of nitrogens with two attached hydrogens (primary N) is 1. The normalized spacial score (nSPS) is 9.78. The highest BCUT2D eigenvalue weighted by Gasteiger charge is 1.98. The van der Waals surface area contributed by atoms with Crippen molar-refractivity contribution in [2.45, 2.75) is 0 Å². The molecule has 1 amide bonds. The van der Waals surface area contributed by atoms with Crippen molar-refractivity contribution in [1.82, 2.24) is 0 Å². The van der Waals surface area contributed by atoms with Crippen molar-refractivity contribution in [1.29, 1.82) is 0 Å². The number of ether oxygens (including phenoxy) is 1. The first-order valence-electron chi connectivity index (χ1n) is 5.59. The highest BCUT2D eigenvalue weighted by Crippen LogP contribution is 2.22. The van der Waals surface area contributed by atoms with E-state index in [1.807, 2.05) is 54.6 Å². The molecular formula is C14H14N2O2. The molecule has 0 aliphatic rings. The molecule has 0 radical (unpaired) electrons. The number of rotatable bonds is 5. The van der Waals surface area contributed by atoms with Gasteiger partial charge in [-0.3, -0.25) is 4.79 Å². The van der Waals surface area contributed by atoms with Crippen molar-refractivity contribution >= 4 is 11.6 Å². The number of amides is 1. The first kappa shape index (κ1) is 12.0. The van der Waals surface area contributed by atoms with Gasteiger partial charge in [0.2, 0.25) is 5.91 Å². The fourth-order valence-electron chi connectivity index (χ4n) is 1.45. The molecule has 0 heterocycles. The molecule has 0 bridgehead atoms. The van der Waals surface area contributed by atoms with Crippen molar-refractivity contribution in [3.8, 4) is 11.5 Å². The molecule has 0 aromatic heterocycles. The average Bonchev–Trinajstić information content (AvgIpc) is 2.39. The van der Waals surface area contributed by atoms with Crippen molar-refractivity contribution in [3.05, 3.63) is 54.6 Å². The molecule has 0 atom stereocenters. The summed E-state index contributed by atoms with van der Waals surface area (Å²) in [6.07, 6.45) is 0. The molecule has 92 valence electrons. The third-order valence-electron chi connectivity index (χ3n) is 2.30. The molecule has 0 fully saturated rings. The van der Waals surface area contributed by atoms with Crippen LogP contribution < -0.4 is 15.8 Å². The van der Waals surface area contributed by atoms with Crippen LogP contribution in [0.1, 0.15) is 0 Å². The maximum atomic E-state index is 10.6. The first-order valence-corrected chi connectivity index (χ1v) is 5.59. The number of anilines is 1. The third kappa shape index (κ3) is 3.52. The Morgan fingerprint density at radius 2 is 1.61 bits per heavy atom. The zero-order valence-corrected chi connectivity index (χ0v) is 9.80.